The number of para-hydroxylation sites is 1. The molecule has 4 nitrogen and oxygen atoms in total. The number of hydrogen-bond acceptors (Lipinski definition) is 3. The highest BCUT2D eigenvalue weighted by molar-refractivity contribution is 5.79. The van der Waals surface area contributed by atoms with Gasteiger partial charge in [0, 0.05) is 24.2 Å². The number of benzene rings is 1. The first-order valence-corrected chi connectivity index (χ1v) is 7.33. The summed E-state index contributed by atoms with van der Waals surface area (Å²) in [6, 6.07) is 8.48. The van der Waals surface area contributed by atoms with Gasteiger partial charge in [0.1, 0.15) is 5.75 Å². The average Bonchev–Trinajstić information content (AvgIpc) is 3.30. The van der Waals surface area contributed by atoms with Gasteiger partial charge >= 0.3 is 0 Å². The maximum Gasteiger partial charge on any atom is 0.236 e. The lowest BCUT2D eigenvalue weighted by atomic mass is 10.1. The molecule has 0 radical (unpaired) electrons. The van der Waals surface area contributed by atoms with E-state index in [1.807, 2.05) is 36.1 Å². The van der Waals surface area contributed by atoms with E-state index in [1.165, 1.54) is 0 Å². The molecular formula is C16H24N2O2. The Kier molecular flexibility index (Phi) is 5.01. The normalized spacial score (nSPS) is 15.8. The van der Waals surface area contributed by atoms with Gasteiger partial charge in [-0.05, 0) is 32.8 Å². The van der Waals surface area contributed by atoms with Crippen molar-refractivity contribution in [3.63, 3.8) is 0 Å². The van der Waals surface area contributed by atoms with Crippen molar-refractivity contribution in [2.45, 2.75) is 38.8 Å². The van der Waals surface area contributed by atoms with Crippen LogP contribution in [-0.4, -0.2) is 37.0 Å². The molecule has 0 unspecified atom stereocenters. The maximum atomic E-state index is 12.2. The number of amides is 1. The van der Waals surface area contributed by atoms with Gasteiger partial charge in [-0.25, -0.2) is 0 Å². The predicted octanol–water partition coefficient (Wildman–Crippen LogP) is 2.36. The molecule has 0 aromatic heterocycles. The number of nitrogens with one attached hydrogen (secondary N) is 1. The first-order valence-electron chi connectivity index (χ1n) is 7.33. The summed E-state index contributed by atoms with van der Waals surface area (Å²) >= 11 is 0. The van der Waals surface area contributed by atoms with Gasteiger partial charge in [0.15, 0.2) is 0 Å². The Labute approximate surface area is 121 Å². The van der Waals surface area contributed by atoms with Crippen LogP contribution in [0.5, 0.6) is 5.75 Å². The Morgan fingerprint density at radius 2 is 2.15 bits per heavy atom. The van der Waals surface area contributed by atoms with Crippen LogP contribution in [0.4, 0.5) is 0 Å². The molecule has 1 atom stereocenters. The van der Waals surface area contributed by atoms with Crippen molar-refractivity contribution < 1.29 is 9.53 Å². The standard InChI is InChI=1S/C16H24N2O2/c1-4-18(13-9-10-13)16(19)11-17-12(2)14-7-5-6-8-15(14)20-3/h5-8,12-13,17H,4,9-11H2,1-3H3/t12-/m1/s1. The zero-order valence-electron chi connectivity index (χ0n) is 12.6. The quantitative estimate of drug-likeness (QED) is 0.831. The second kappa shape index (κ2) is 6.75. The van der Waals surface area contributed by atoms with E-state index >= 15 is 0 Å². The van der Waals surface area contributed by atoms with Gasteiger partial charge in [0.2, 0.25) is 5.91 Å². The Morgan fingerprint density at radius 3 is 2.75 bits per heavy atom. The van der Waals surface area contributed by atoms with Crippen LogP contribution in [0.15, 0.2) is 24.3 Å². The van der Waals surface area contributed by atoms with Gasteiger partial charge in [0.05, 0.1) is 13.7 Å². The molecule has 1 aromatic rings. The van der Waals surface area contributed by atoms with E-state index in [0.717, 1.165) is 30.7 Å². The number of carbonyl (C=O) groups excluding carboxylic acids is 1. The second-order valence-corrected chi connectivity index (χ2v) is 5.26. The Morgan fingerprint density at radius 1 is 1.45 bits per heavy atom. The van der Waals surface area contributed by atoms with Crippen LogP contribution in [0.2, 0.25) is 0 Å². The number of carbonyl (C=O) groups is 1. The van der Waals surface area contributed by atoms with E-state index in [9.17, 15) is 4.79 Å². The lowest BCUT2D eigenvalue weighted by Gasteiger charge is -2.22. The molecule has 110 valence electrons. The fraction of sp³-hybridized carbons (Fsp3) is 0.562. The topological polar surface area (TPSA) is 41.6 Å². The van der Waals surface area contributed by atoms with Crippen LogP contribution in [0.25, 0.3) is 0 Å². The molecule has 1 N–H and O–H groups in total. The van der Waals surface area contributed by atoms with Gasteiger partial charge in [0.25, 0.3) is 0 Å². The number of methoxy groups -OCH3 is 1. The van der Waals surface area contributed by atoms with Gasteiger partial charge < -0.3 is 15.0 Å². The number of ether oxygens (including phenoxy) is 1. The summed E-state index contributed by atoms with van der Waals surface area (Å²) in [5, 5.41) is 3.30. The highest BCUT2D eigenvalue weighted by Crippen LogP contribution is 2.27. The van der Waals surface area contributed by atoms with Crippen molar-refractivity contribution in [2.24, 2.45) is 0 Å². The Bertz CT molecular complexity index is 458. The maximum absolute atomic E-state index is 12.2. The monoisotopic (exact) mass is 276 g/mol. The van der Waals surface area contributed by atoms with E-state index in [-0.39, 0.29) is 11.9 Å². The van der Waals surface area contributed by atoms with Gasteiger partial charge in [-0.2, -0.15) is 0 Å². The zero-order valence-corrected chi connectivity index (χ0v) is 12.6. The van der Waals surface area contributed by atoms with Gasteiger partial charge in [-0.15, -0.1) is 0 Å². The highest BCUT2D eigenvalue weighted by atomic mass is 16.5. The van der Waals surface area contributed by atoms with Crippen LogP contribution >= 0.6 is 0 Å². The summed E-state index contributed by atoms with van der Waals surface area (Å²) in [6.45, 7) is 5.27. The fourth-order valence-electron chi connectivity index (χ4n) is 2.50. The highest BCUT2D eigenvalue weighted by Gasteiger charge is 2.31. The van der Waals surface area contributed by atoms with Crippen LogP contribution in [0.1, 0.15) is 38.3 Å². The van der Waals surface area contributed by atoms with E-state index in [1.54, 1.807) is 7.11 Å². The molecule has 4 heteroatoms. The molecule has 0 spiro atoms. The van der Waals surface area contributed by atoms with Gasteiger partial charge in [-0.3, -0.25) is 4.79 Å². The van der Waals surface area contributed by atoms with Crippen molar-refractivity contribution in [3.8, 4) is 5.75 Å². The molecule has 1 saturated carbocycles. The molecule has 1 fully saturated rings. The number of nitrogens with zero attached hydrogens (tertiary/aromatic N) is 1. The van der Waals surface area contributed by atoms with E-state index < -0.39 is 0 Å². The average molecular weight is 276 g/mol. The lowest BCUT2D eigenvalue weighted by Crippen LogP contribution is -2.40. The van der Waals surface area contributed by atoms with E-state index in [0.29, 0.717) is 12.6 Å². The van der Waals surface area contributed by atoms with Crippen LogP contribution in [-0.2, 0) is 4.79 Å². The summed E-state index contributed by atoms with van der Waals surface area (Å²) in [7, 11) is 1.67. The number of likely N-dealkylation sites (N-methyl/N-ethyl adjacent to an activating group) is 1. The predicted molar refractivity (Wildman–Crippen MR) is 79.8 cm³/mol. The summed E-state index contributed by atoms with van der Waals surface area (Å²) in [5.74, 6) is 1.05. The van der Waals surface area contributed by atoms with Gasteiger partial charge in [-0.1, -0.05) is 18.2 Å². The molecule has 1 aromatic carbocycles. The molecule has 0 saturated heterocycles. The molecule has 1 aliphatic rings. The van der Waals surface area contributed by atoms with Crippen molar-refractivity contribution in [3.05, 3.63) is 29.8 Å². The third-order valence-electron chi connectivity index (χ3n) is 3.81. The van der Waals surface area contributed by atoms with E-state index in [2.05, 4.69) is 12.2 Å². The summed E-state index contributed by atoms with van der Waals surface area (Å²) in [4.78, 5) is 14.2. The fourth-order valence-corrected chi connectivity index (χ4v) is 2.50. The summed E-state index contributed by atoms with van der Waals surface area (Å²) in [5.41, 5.74) is 1.08. The van der Waals surface area contributed by atoms with Crippen molar-refractivity contribution in [2.75, 3.05) is 20.2 Å². The molecule has 0 bridgehead atoms. The third kappa shape index (κ3) is 3.51. The number of hydrogen-bond donors (Lipinski definition) is 1. The SMILES string of the molecule is CCN(C(=O)CN[C@H](C)c1ccccc1OC)C1CC1. The second-order valence-electron chi connectivity index (χ2n) is 5.26. The molecule has 1 aliphatic carbocycles. The zero-order chi connectivity index (χ0) is 14.5. The molecule has 20 heavy (non-hydrogen) atoms. The Hall–Kier alpha value is -1.55. The van der Waals surface area contributed by atoms with Crippen molar-refractivity contribution >= 4 is 5.91 Å². The lowest BCUT2D eigenvalue weighted by molar-refractivity contribution is -0.130. The largest absolute Gasteiger partial charge is 0.496 e. The minimum atomic E-state index is 0.0907. The van der Waals surface area contributed by atoms with Crippen LogP contribution < -0.4 is 10.1 Å². The smallest absolute Gasteiger partial charge is 0.236 e. The third-order valence-corrected chi connectivity index (χ3v) is 3.81. The van der Waals surface area contributed by atoms with Crippen LogP contribution in [0.3, 0.4) is 0 Å². The molecule has 0 heterocycles. The molecular weight excluding hydrogens is 252 g/mol. The minimum absolute atomic E-state index is 0.0907. The number of rotatable bonds is 7. The summed E-state index contributed by atoms with van der Waals surface area (Å²) < 4.78 is 5.35. The van der Waals surface area contributed by atoms with E-state index in [4.69, 9.17) is 4.74 Å². The molecule has 0 aliphatic heterocycles. The van der Waals surface area contributed by atoms with Crippen LogP contribution in [0, 0.1) is 0 Å². The Balaban J connectivity index is 1.91. The first-order chi connectivity index (χ1) is 9.67. The molecule has 1 amide bonds. The van der Waals surface area contributed by atoms with Crippen molar-refractivity contribution in [1.29, 1.82) is 0 Å². The molecule has 2 rings (SSSR count). The first kappa shape index (κ1) is 14.9. The van der Waals surface area contributed by atoms with Crippen molar-refractivity contribution in [1.82, 2.24) is 10.2 Å². The minimum Gasteiger partial charge on any atom is -0.496 e. The summed E-state index contributed by atoms with van der Waals surface area (Å²) in [6.07, 6.45) is 2.31.